The summed E-state index contributed by atoms with van der Waals surface area (Å²) in [7, 11) is -3.15. The number of hydrogen-bond acceptors (Lipinski definition) is 3. The maximum atomic E-state index is 11.9. The van der Waals surface area contributed by atoms with Crippen molar-refractivity contribution in [1.82, 2.24) is 4.31 Å². The Kier molecular flexibility index (Phi) is 5.50. The Morgan fingerprint density at radius 1 is 1.50 bits per heavy atom. The van der Waals surface area contributed by atoms with Crippen LogP contribution in [0.3, 0.4) is 0 Å². The van der Waals surface area contributed by atoms with Crippen molar-refractivity contribution < 1.29 is 13.2 Å². The van der Waals surface area contributed by atoms with Crippen LogP contribution in [0.5, 0.6) is 0 Å². The summed E-state index contributed by atoms with van der Waals surface area (Å²) in [6.45, 7) is 5.22. The van der Waals surface area contributed by atoms with Gasteiger partial charge >= 0.3 is 0 Å². The van der Waals surface area contributed by atoms with E-state index in [0.717, 1.165) is 6.42 Å². The molecule has 0 aromatic rings. The Hall–Kier alpha value is 0.160. The van der Waals surface area contributed by atoms with Crippen molar-refractivity contribution in [2.45, 2.75) is 26.4 Å². The average Bonchev–Trinajstić information content (AvgIpc) is 2.65. The summed E-state index contributed by atoms with van der Waals surface area (Å²) in [5, 5.41) is 0. The monoisotopic (exact) mass is 269 g/mol. The molecular formula is C10H20ClNO3S. The lowest BCUT2D eigenvalue weighted by Crippen LogP contribution is -2.33. The van der Waals surface area contributed by atoms with Gasteiger partial charge in [0.15, 0.2) is 0 Å². The van der Waals surface area contributed by atoms with Crippen molar-refractivity contribution in [2.75, 3.05) is 31.3 Å². The van der Waals surface area contributed by atoms with Crippen LogP contribution in [-0.2, 0) is 14.8 Å². The zero-order valence-electron chi connectivity index (χ0n) is 9.86. The van der Waals surface area contributed by atoms with E-state index in [2.05, 4.69) is 0 Å². The zero-order valence-corrected chi connectivity index (χ0v) is 11.4. The summed E-state index contributed by atoms with van der Waals surface area (Å²) in [5.41, 5.74) is 0. The smallest absolute Gasteiger partial charge is 0.216 e. The Bertz CT molecular complexity index is 305. The largest absolute Gasteiger partial charge is 0.378 e. The summed E-state index contributed by atoms with van der Waals surface area (Å²) in [4.78, 5) is 0. The second kappa shape index (κ2) is 6.19. The van der Waals surface area contributed by atoms with E-state index in [1.807, 2.05) is 13.8 Å². The minimum Gasteiger partial charge on any atom is -0.378 e. The van der Waals surface area contributed by atoms with Crippen molar-refractivity contribution in [1.29, 1.82) is 0 Å². The van der Waals surface area contributed by atoms with Gasteiger partial charge in [0.25, 0.3) is 0 Å². The molecule has 0 bridgehead atoms. The Morgan fingerprint density at radius 2 is 2.19 bits per heavy atom. The first-order valence-corrected chi connectivity index (χ1v) is 7.75. The molecule has 0 spiro atoms. The highest BCUT2D eigenvalue weighted by molar-refractivity contribution is 7.89. The van der Waals surface area contributed by atoms with Gasteiger partial charge in [0.1, 0.15) is 0 Å². The van der Waals surface area contributed by atoms with Gasteiger partial charge in [0.05, 0.1) is 18.5 Å². The number of rotatable bonds is 6. The topological polar surface area (TPSA) is 46.6 Å². The van der Waals surface area contributed by atoms with Crippen molar-refractivity contribution in [3.05, 3.63) is 0 Å². The Balaban J connectivity index is 2.39. The van der Waals surface area contributed by atoms with Crippen molar-refractivity contribution in [3.8, 4) is 0 Å². The molecule has 0 saturated carbocycles. The maximum absolute atomic E-state index is 11.9. The number of hydrogen-bond donors (Lipinski definition) is 0. The van der Waals surface area contributed by atoms with E-state index < -0.39 is 10.0 Å². The first kappa shape index (κ1) is 14.2. The SMILES string of the molecule is CC(C)OCCS(=O)(=O)N1CCC(CCl)C1. The molecule has 1 fully saturated rings. The van der Waals surface area contributed by atoms with Gasteiger partial charge < -0.3 is 4.74 Å². The summed E-state index contributed by atoms with van der Waals surface area (Å²) >= 11 is 5.72. The van der Waals surface area contributed by atoms with Crippen molar-refractivity contribution in [2.24, 2.45) is 5.92 Å². The Morgan fingerprint density at radius 3 is 2.69 bits per heavy atom. The molecular weight excluding hydrogens is 250 g/mol. The molecule has 1 rings (SSSR count). The number of alkyl halides is 1. The second-order valence-electron chi connectivity index (χ2n) is 4.40. The number of ether oxygens (including phenoxy) is 1. The minimum atomic E-state index is -3.15. The highest BCUT2D eigenvalue weighted by Gasteiger charge is 2.30. The predicted octanol–water partition coefficient (Wildman–Crippen LogP) is 1.30. The fourth-order valence-electron chi connectivity index (χ4n) is 1.69. The highest BCUT2D eigenvalue weighted by Crippen LogP contribution is 2.20. The molecule has 1 heterocycles. The van der Waals surface area contributed by atoms with Crippen molar-refractivity contribution in [3.63, 3.8) is 0 Å². The van der Waals surface area contributed by atoms with E-state index in [1.54, 1.807) is 0 Å². The predicted molar refractivity (Wildman–Crippen MR) is 65.3 cm³/mol. The van der Waals surface area contributed by atoms with Crippen LogP contribution in [0.4, 0.5) is 0 Å². The van der Waals surface area contributed by atoms with Gasteiger partial charge in [-0.25, -0.2) is 12.7 Å². The van der Waals surface area contributed by atoms with Crippen LogP contribution in [0, 0.1) is 5.92 Å². The van der Waals surface area contributed by atoms with E-state index in [4.69, 9.17) is 16.3 Å². The Labute approximate surface area is 103 Å². The average molecular weight is 270 g/mol. The van der Waals surface area contributed by atoms with Crippen LogP contribution in [-0.4, -0.2) is 50.2 Å². The quantitative estimate of drug-likeness (QED) is 0.683. The lowest BCUT2D eigenvalue weighted by molar-refractivity contribution is 0.0907. The van der Waals surface area contributed by atoms with Gasteiger partial charge in [-0.05, 0) is 26.2 Å². The van der Waals surface area contributed by atoms with E-state index in [0.29, 0.717) is 24.9 Å². The molecule has 1 aliphatic rings. The third-order valence-corrected chi connectivity index (χ3v) is 4.89. The van der Waals surface area contributed by atoms with Gasteiger partial charge in [0.2, 0.25) is 10.0 Å². The molecule has 0 aromatic carbocycles. The summed E-state index contributed by atoms with van der Waals surface area (Å²) < 4.78 is 30.5. The van der Waals surface area contributed by atoms with Crippen LogP contribution >= 0.6 is 11.6 Å². The summed E-state index contributed by atoms with van der Waals surface area (Å²) in [5.74, 6) is 0.914. The number of halogens is 1. The van der Waals surface area contributed by atoms with Gasteiger partial charge in [-0.1, -0.05) is 0 Å². The van der Waals surface area contributed by atoms with Gasteiger partial charge in [-0.2, -0.15) is 0 Å². The second-order valence-corrected chi connectivity index (χ2v) is 6.80. The minimum absolute atomic E-state index is 0.0696. The van der Waals surface area contributed by atoms with E-state index in [1.165, 1.54) is 4.31 Å². The number of sulfonamides is 1. The van der Waals surface area contributed by atoms with Crippen LogP contribution in [0.2, 0.25) is 0 Å². The fraction of sp³-hybridized carbons (Fsp3) is 1.00. The summed E-state index contributed by atoms with van der Waals surface area (Å²) in [6, 6.07) is 0. The molecule has 16 heavy (non-hydrogen) atoms. The molecule has 0 amide bonds. The van der Waals surface area contributed by atoms with Gasteiger partial charge in [-0.15, -0.1) is 11.6 Å². The van der Waals surface area contributed by atoms with Crippen LogP contribution in [0.25, 0.3) is 0 Å². The first-order chi connectivity index (χ1) is 7.45. The lowest BCUT2D eigenvalue weighted by atomic mass is 10.2. The molecule has 1 atom stereocenters. The third kappa shape index (κ3) is 4.20. The van der Waals surface area contributed by atoms with E-state index in [-0.39, 0.29) is 18.5 Å². The molecule has 1 aliphatic heterocycles. The first-order valence-electron chi connectivity index (χ1n) is 5.61. The molecule has 6 heteroatoms. The van der Waals surface area contributed by atoms with E-state index in [9.17, 15) is 8.42 Å². The fourth-order valence-corrected chi connectivity index (χ4v) is 3.33. The highest BCUT2D eigenvalue weighted by atomic mass is 35.5. The van der Waals surface area contributed by atoms with Crippen LogP contribution < -0.4 is 0 Å². The van der Waals surface area contributed by atoms with E-state index >= 15 is 0 Å². The molecule has 1 saturated heterocycles. The normalized spacial score (nSPS) is 23.1. The summed E-state index contributed by atoms with van der Waals surface area (Å²) in [6.07, 6.45) is 0.942. The van der Waals surface area contributed by atoms with Crippen LogP contribution in [0.1, 0.15) is 20.3 Å². The third-order valence-electron chi connectivity index (χ3n) is 2.65. The maximum Gasteiger partial charge on any atom is 0.216 e. The van der Waals surface area contributed by atoms with Crippen molar-refractivity contribution >= 4 is 21.6 Å². The zero-order chi connectivity index (χ0) is 12.2. The molecule has 0 aliphatic carbocycles. The lowest BCUT2D eigenvalue weighted by Gasteiger charge is -2.16. The molecule has 0 radical (unpaired) electrons. The molecule has 1 unspecified atom stereocenters. The van der Waals surface area contributed by atoms with Gasteiger partial charge in [0, 0.05) is 19.0 Å². The van der Waals surface area contributed by atoms with Crippen LogP contribution in [0.15, 0.2) is 0 Å². The molecule has 4 nitrogen and oxygen atoms in total. The molecule has 0 aromatic heterocycles. The molecule has 96 valence electrons. The van der Waals surface area contributed by atoms with Gasteiger partial charge in [-0.3, -0.25) is 0 Å². The standard InChI is InChI=1S/C10H20ClNO3S/c1-9(2)15-5-6-16(13,14)12-4-3-10(7-11)8-12/h9-10H,3-8H2,1-2H3. The number of nitrogens with zero attached hydrogens (tertiary/aromatic N) is 1. The molecule has 0 N–H and O–H groups in total.